The van der Waals surface area contributed by atoms with Crippen molar-refractivity contribution in [3.05, 3.63) is 27.7 Å². The number of benzene rings is 1. The van der Waals surface area contributed by atoms with Gasteiger partial charge in [-0.2, -0.15) is 0 Å². The molecular formula is C13H15Cl2NO3. The van der Waals surface area contributed by atoms with Gasteiger partial charge in [-0.1, -0.05) is 43.5 Å². The van der Waals surface area contributed by atoms with Gasteiger partial charge >= 0.3 is 5.97 Å². The van der Waals surface area contributed by atoms with Gasteiger partial charge in [0.05, 0.1) is 15.7 Å². The summed E-state index contributed by atoms with van der Waals surface area (Å²) >= 11 is 11.8. The summed E-state index contributed by atoms with van der Waals surface area (Å²) in [5.41, 5.74) is -0.138. The maximum absolute atomic E-state index is 11.9. The molecule has 0 heterocycles. The number of carbonyl (C=O) groups is 2. The lowest BCUT2D eigenvalue weighted by atomic mass is 10.0. The minimum absolute atomic E-state index is 0.0374. The zero-order chi connectivity index (χ0) is 14.6. The first-order valence-electron chi connectivity index (χ1n) is 5.90. The summed E-state index contributed by atoms with van der Waals surface area (Å²) in [6.45, 7) is 3.75. The van der Waals surface area contributed by atoms with Crippen LogP contribution in [0.4, 0.5) is 5.69 Å². The van der Waals surface area contributed by atoms with Crippen molar-refractivity contribution >= 4 is 40.8 Å². The predicted molar refractivity (Wildman–Crippen MR) is 76.1 cm³/mol. The van der Waals surface area contributed by atoms with Crippen LogP contribution in [0, 0.1) is 5.92 Å². The van der Waals surface area contributed by atoms with Crippen LogP contribution in [-0.4, -0.2) is 17.0 Å². The van der Waals surface area contributed by atoms with E-state index in [-0.39, 0.29) is 33.1 Å². The number of aromatic carboxylic acids is 1. The molecule has 1 aromatic rings. The number of rotatable bonds is 5. The number of amides is 1. The van der Waals surface area contributed by atoms with E-state index in [0.29, 0.717) is 6.42 Å². The van der Waals surface area contributed by atoms with Crippen molar-refractivity contribution in [3.63, 3.8) is 0 Å². The monoisotopic (exact) mass is 303 g/mol. The molecule has 0 saturated carbocycles. The standard InChI is InChI=1S/C13H15Cl2NO3/c1-3-4-7(2)12(17)16-11-9(15)6-5-8(14)10(11)13(18)19/h5-7H,3-4H2,1-2H3,(H,16,17)(H,18,19). The molecule has 1 rings (SSSR count). The lowest BCUT2D eigenvalue weighted by Gasteiger charge is -2.15. The first-order valence-corrected chi connectivity index (χ1v) is 6.66. The number of halogens is 2. The van der Waals surface area contributed by atoms with E-state index in [1.807, 2.05) is 6.92 Å². The van der Waals surface area contributed by atoms with E-state index in [9.17, 15) is 9.59 Å². The number of carboxylic acids is 1. The highest BCUT2D eigenvalue weighted by Gasteiger charge is 2.21. The molecule has 0 aliphatic carbocycles. The Balaban J connectivity index is 3.10. The molecule has 104 valence electrons. The van der Waals surface area contributed by atoms with Crippen molar-refractivity contribution in [1.29, 1.82) is 0 Å². The summed E-state index contributed by atoms with van der Waals surface area (Å²) in [6, 6.07) is 2.84. The Morgan fingerprint density at radius 1 is 1.32 bits per heavy atom. The molecule has 2 N–H and O–H groups in total. The van der Waals surface area contributed by atoms with Gasteiger partial charge in [0, 0.05) is 5.92 Å². The third kappa shape index (κ3) is 3.85. The molecule has 0 fully saturated rings. The van der Waals surface area contributed by atoms with Crippen molar-refractivity contribution < 1.29 is 14.7 Å². The molecule has 1 unspecified atom stereocenters. The molecule has 1 aromatic carbocycles. The summed E-state index contributed by atoms with van der Waals surface area (Å²) in [4.78, 5) is 23.1. The minimum Gasteiger partial charge on any atom is -0.478 e. The van der Waals surface area contributed by atoms with Gasteiger partial charge in [-0.3, -0.25) is 4.79 Å². The minimum atomic E-state index is -1.23. The SMILES string of the molecule is CCCC(C)C(=O)Nc1c(Cl)ccc(Cl)c1C(=O)O. The van der Waals surface area contributed by atoms with Crippen molar-refractivity contribution in [2.45, 2.75) is 26.7 Å². The van der Waals surface area contributed by atoms with Crippen LogP contribution < -0.4 is 5.32 Å². The number of carbonyl (C=O) groups excluding carboxylic acids is 1. The van der Waals surface area contributed by atoms with Gasteiger partial charge in [-0.05, 0) is 18.6 Å². The number of anilines is 1. The van der Waals surface area contributed by atoms with Gasteiger partial charge in [0.25, 0.3) is 0 Å². The molecule has 0 spiro atoms. The molecule has 0 bridgehead atoms. The highest BCUT2D eigenvalue weighted by atomic mass is 35.5. The fourth-order valence-electron chi connectivity index (χ4n) is 1.69. The predicted octanol–water partition coefficient (Wildman–Crippen LogP) is 4.07. The van der Waals surface area contributed by atoms with Crippen molar-refractivity contribution in [3.8, 4) is 0 Å². The normalized spacial score (nSPS) is 12.0. The molecule has 0 aliphatic rings. The van der Waals surface area contributed by atoms with Crippen LogP contribution in [0.5, 0.6) is 0 Å². The smallest absolute Gasteiger partial charge is 0.339 e. The molecule has 6 heteroatoms. The summed E-state index contributed by atoms with van der Waals surface area (Å²) in [6.07, 6.45) is 1.58. The second-order valence-corrected chi connectivity index (χ2v) is 5.08. The summed E-state index contributed by atoms with van der Waals surface area (Å²) in [5, 5.41) is 11.9. The Labute approximate surface area is 121 Å². The van der Waals surface area contributed by atoms with Gasteiger partial charge in [0.15, 0.2) is 0 Å². The van der Waals surface area contributed by atoms with Gasteiger partial charge in [0.1, 0.15) is 5.56 Å². The largest absolute Gasteiger partial charge is 0.478 e. The van der Waals surface area contributed by atoms with E-state index in [4.69, 9.17) is 28.3 Å². The Hall–Kier alpha value is -1.26. The van der Waals surface area contributed by atoms with Crippen molar-refractivity contribution in [2.75, 3.05) is 5.32 Å². The molecule has 0 radical (unpaired) electrons. The van der Waals surface area contributed by atoms with E-state index in [2.05, 4.69) is 5.32 Å². The van der Waals surface area contributed by atoms with Crippen molar-refractivity contribution in [1.82, 2.24) is 0 Å². The maximum Gasteiger partial charge on any atom is 0.339 e. The molecule has 1 atom stereocenters. The topological polar surface area (TPSA) is 66.4 Å². The molecule has 19 heavy (non-hydrogen) atoms. The Bertz CT molecular complexity index is 503. The molecule has 0 aliphatic heterocycles. The number of hydrogen-bond donors (Lipinski definition) is 2. The molecule has 0 aromatic heterocycles. The quantitative estimate of drug-likeness (QED) is 0.862. The number of hydrogen-bond acceptors (Lipinski definition) is 2. The van der Waals surface area contributed by atoms with Gasteiger partial charge in [-0.25, -0.2) is 4.79 Å². The first-order chi connectivity index (χ1) is 8.88. The zero-order valence-electron chi connectivity index (χ0n) is 10.7. The van der Waals surface area contributed by atoms with Crippen LogP contribution in [0.25, 0.3) is 0 Å². The Morgan fingerprint density at radius 2 is 1.89 bits per heavy atom. The van der Waals surface area contributed by atoms with E-state index >= 15 is 0 Å². The molecular weight excluding hydrogens is 289 g/mol. The fourth-order valence-corrected chi connectivity index (χ4v) is 2.14. The first kappa shape index (κ1) is 15.8. The van der Waals surface area contributed by atoms with Crippen LogP contribution in [0.15, 0.2) is 12.1 Å². The number of carboxylic acid groups (broad SMARTS) is 1. The third-order valence-corrected chi connectivity index (χ3v) is 3.36. The zero-order valence-corrected chi connectivity index (χ0v) is 12.2. The van der Waals surface area contributed by atoms with Crippen LogP contribution in [0.1, 0.15) is 37.0 Å². The summed E-state index contributed by atoms with van der Waals surface area (Å²) in [5.74, 6) is -1.72. The lowest BCUT2D eigenvalue weighted by Crippen LogP contribution is -2.22. The average Bonchev–Trinajstić information content (AvgIpc) is 2.33. The van der Waals surface area contributed by atoms with E-state index in [1.54, 1.807) is 6.92 Å². The van der Waals surface area contributed by atoms with Crippen LogP contribution in [0.2, 0.25) is 10.0 Å². The van der Waals surface area contributed by atoms with Crippen LogP contribution >= 0.6 is 23.2 Å². The molecule has 1 amide bonds. The molecule has 4 nitrogen and oxygen atoms in total. The second-order valence-electron chi connectivity index (χ2n) is 4.26. The average molecular weight is 304 g/mol. The van der Waals surface area contributed by atoms with Crippen LogP contribution in [0.3, 0.4) is 0 Å². The third-order valence-electron chi connectivity index (χ3n) is 2.73. The van der Waals surface area contributed by atoms with Gasteiger partial charge < -0.3 is 10.4 Å². The van der Waals surface area contributed by atoms with Crippen molar-refractivity contribution in [2.24, 2.45) is 5.92 Å². The second kappa shape index (κ2) is 6.78. The van der Waals surface area contributed by atoms with E-state index in [0.717, 1.165) is 6.42 Å². The highest BCUT2D eigenvalue weighted by molar-refractivity contribution is 6.38. The Kier molecular flexibility index (Phi) is 5.63. The number of nitrogens with one attached hydrogen (secondary N) is 1. The summed E-state index contributed by atoms with van der Waals surface area (Å²) in [7, 11) is 0. The summed E-state index contributed by atoms with van der Waals surface area (Å²) < 4.78 is 0. The van der Waals surface area contributed by atoms with E-state index in [1.165, 1.54) is 12.1 Å². The van der Waals surface area contributed by atoms with E-state index < -0.39 is 5.97 Å². The highest BCUT2D eigenvalue weighted by Crippen LogP contribution is 2.32. The van der Waals surface area contributed by atoms with Gasteiger partial charge in [0.2, 0.25) is 5.91 Å². The maximum atomic E-state index is 11.9. The lowest BCUT2D eigenvalue weighted by molar-refractivity contribution is -0.119. The molecule has 0 saturated heterocycles. The fraction of sp³-hybridized carbons (Fsp3) is 0.385. The Morgan fingerprint density at radius 3 is 2.42 bits per heavy atom. The van der Waals surface area contributed by atoms with Crippen LogP contribution in [-0.2, 0) is 4.79 Å². The van der Waals surface area contributed by atoms with Gasteiger partial charge in [-0.15, -0.1) is 0 Å².